The van der Waals surface area contributed by atoms with Crippen molar-refractivity contribution in [2.75, 3.05) is 33.3 Å². The molecule has 2 aromatic rings. The second-order valence-corrected chi connectivity index (χ2v) is 8.74. The van der Waals surface area contributed by atoms with E-state index < -0.39 is 10.0 Å². The number of sulfonamides is 1. The van der Waals surface area contributed by atoms with Crippen LogP contribution in [-0.4, -0.2) is 50.9 Å². The molecule has 1 heterocycles. The third kappa shape index (κ3) is 4.04. The van der Waals surface area contributed by atoms with Crippen LogP contribution in [0.2, 0.25) is 5.02 Å². The van der Waals surface area contributed by atoms with Crippen LogP contribution in [0.15, 0.2) is 47.4 Å². The number of benzene rings is 2. The molecule has 0 atom stereocenters. The minimum atomic E-state index is -3.56. The van der Waals surface area contributed by atoms with Crippen molar-refractivity contribution in [3.8, 4) is 5.75 Å². The van der Waals surface area contributed by atoms with Gasteiger partial charge in [0.05, 0.1) is 12.1 Å². The Morgan fingerprint density at radius 2 is 1.77 bits per heavy atom. The van der Waals surface area contributed by atoms with E-state index in [0.29, 0.717) is 26.2 Å². The predicted molar refractivity (Wildman–Crippen MR) is 103 cm³/mol. The second kappa shape index (κ2) is 7.96. The van der Waals surface area contributed by atoms with Gasteiger partial charge in [0.1, 0.15) is 10.6 Å². The fourth-order valence-electron chi connectivity index (χ4n) is 3.19. The van der Waals surface area contributed by atoms with Crippen LogP contribution in [-0.2, 0) is 16.6 Å². The number of hydrogen-bond acceptors (Lipinski definition) is 4. The molecule has 0 radical (unpaired) electrons. The molecule has 0 N–H and O–H groups in total. The third-order valence-electron chi connectivity index (χ3n) is 4.62. The quantitative estimate of drug-likeness (QED) is 0.781. The Kier molecular flexibility index (Phi) is 5.87. The number of rotatable bonds is 5. The smallest absolute Gasteiger partial charge is 0.244 e. The molecule has 1 aliphatic heterocycles. The third-order valence-corrected chi connectivity index (χ3v) is 7.01. The van der Waals surface area contributed by atoms with E-state index in [1.807, 2.05) is 12.1 Å². The molecule has 7 heteroatoms. The van der Waals surface area contributed by atoms with Gasteiger partial charge in [-0.2, -0.15) is 4.31 Å². The van der Waals surface area contributed by atoms with Crippen LogP contribution < -0.4 is 4.74 Å². The Labute approximate surface area is 160 Å². The zero-order valence-corrected chi connectivity index (χ0v) is 16.6. The number of nitrogens with zero attached hydrogens (tertiary/aromatic N) is 2. The summed E-state index contributed by atoms with van der Waals surface area (Å²) in [6.45, 7) is 5.02. The molecule has 5 nitrogen and oxygen atoms in total. The van der Waals surface area contributed by atoms with Crippen LogP contribution >= 0.6 is 11.6 Å². The van der Waals surface area contributed by atoms with E-state index in [9.17, 15) is 8.42 Å². The summed E-state index contributed by atoms with van der Waals surface area (Å²) in [4.78, 5) is 2.42. The molecular formula is C19H23ClN2O3S. The molecule has 140 valence electrons. The molecule has 0 bridgehead atoms. The van der Waals surface area contributed by atoms with Crippen molar-refractivity contribution in [1.29, 1.82) is 0 Å². The van der Waals surface area contributed by atoms with Gasteiger partial charge < -0.3 is 4.74 Å². The molecule has 1 aliphatic rings. The first-order valence-corrected chi connectivity index (χ1v) is 10.3. The van der Waals surface area contributed by atoms with Crippen LogP contribution in [0.4, 0.5) is 0 Å². The lowest BCUT2D eigenvalue weighted by Crippen LogP contribution is -2.48. The highest BCUT2D eigenvalue weighted by Crippen LogP contribution is 2.26. The number of methoxy groups -OCH3 is 1. The van der Waals surface area contributed by atoms with Gasteiger partial charge in [0.2, 0.25) is 10.0 Å². The zero-order chi connectivity index (χ0) is 18.7. The molecule has 0 aliphatic carbocycles. The highest BCUT2D eigenvalue weighted by atomic mass is 35.5. The van der Waals surface area contributed by atoms with Gasteiger partial charge in [-0.3, -0.25) is 4.90 Å². The monoisotopic (exact) mass is 394 g/mol. The van der Waals surface area contributed by atoms with Gasteiger partial charge in [0, 0.05) is 38.3 Å². The fraction of sp³-hybridized carbons (Fsp3) is 0.368. The van der Waals surface area contributed by atoms with Gasteiger partial charge in [-0.1, -0.05) is 41.4 Å². The summed E-state index contributed by atoms with van der Waals surface area (Å²) in [5.74, 6) is 0.863. The van der Waals surface area contributed by atoms with E-state index in [1.165, 1.54) is 9.87 Å². The molecule has 0 unspecified atom stereocenters. The number of ether oxygens (including phenoxy) is 1. The number of halogens is 1. The van der Waals surface area contributed by atoms with Crippen LogP contribution in [0.25, 0.3) is 0 Å². The molecule has 0 amide bonds. The topological polar surface area (TPSA) is 49.9 Å². The largest absolute Gasteiger partial charge is 0.496 e. The highest BCUT2D eigenvalue weighted by molar-refractivity contribution is 7.89. The van der Waals surface area contributed by atoms with E-state index >= 15 is 0 Å². The first-order chi connectivity index (χ1) is 12.4. The molecule has 0 saturated carbocycles. The summed E-state index contributed by atoms with van der Waals surface area (Å²) in [6, 6.07) is 12.7. The summed E-state index contributed by atoms with van der Waals surface area (Å²) >= 11 is 6.08. The van der Waals surface area contributed by atoms with Crippen molar-refractivity contribution >= 4 is 21.6 Å². The lowest BCUT2D eigenvalue weighted by Gasteiger charge is -2.34. The molecule has 1 fully saturated rings. The average molecular weight is 395 g/mol. The molecule has 0 spiro atoms. The highest BCUT2D eigenvalue weighted by Gasteiger charge is 2.30. The van der Waals surface area contributed by atoms with Gasteiger partial charge in [-0.05, 0) is 25.1 Å². The van der Waals surface area contributed by atoms with Crippen molar-refractivity contribution < 1.29 is 13.2 Å². The standard InChI is InChI=1S/C19H23ClN2O3S/c1-15-7-8-18(25-2)16(13-15)14-21-9-11-22(12-10-21)26(23,24)19-6-4-3-5-17(19)20/h3-8,13H,9-12,14H2,1-2H3. The maximum absolute atomic E-state index is 12.8. The van der Waals surface area contributed by atoms with Gasteiger partial charge in [-0.15, -0.1) is 0 Å². The summed E-state index contributed by atoms with van der Waals surface area (Å²) in [5.41, 5.74) is 2.30. The van der Waals surface area contributed by atoms with Crippen molar-refractivity contribution in [2.24, 2.45) is 0 Å². The van der Waals surface area contributed by atoms with Gasteiger partial charge in [-0.25, -0.2) is 8.42 Å². The van der Waals surface area contributed by atoms with E-state index in [2.05, 4.69) is 17.9 Å². The van der Waals surface area contributed by atoms with Gasteiger partial charge in [0.25, 0.3) is 0 Å². The van der Waals surface area contributed by atoms with E-state index in [-0.39, 0.29) is 9.92 Å². The van der Waals surface area contributed by atoms with Crippen molar-refractivity contribution in [1.82, 2.24) is 9.21 Å². The average Bonchev–Trinajstić information content (AvgIpc) is 2.62. The van der Waals surface area contributed by atoms with Crippen LogP contribution in [0.3, 0.4) is 0 Å². The maximum Gasteiger partial charge on any atom is 0.244 e. The number of piperazine rings is 1. The first-order valence-electron chi connectivity index (χ1n) is 8.52. The maximum atomic E-state index is 12.8. The van der Waals surface area contributed by atoms with E-state index in [1.54, 1.807) is 31.4 Å². The minimum absolute atomic E-state index is 0.176. The molecule has 2 aromatic carbocycles. The summed E-state index contributed by atoms with van der Waals surface area (Å²) in [7, 11) is -1.89. The van der Waals surface area contributed by atoms with Gasteiger partial charge in [0.15, 0.2) is 0 Å². The van der Waals surface area contributed by atoms with Crippen molar-refractivity contribution in [3.05, 3.63) is 58.6 Å². The van der Waals surface area contributed by atoms with Crippen LogP contribution in [0.5, 0.6) is 5.75 Å². The van der Waals surface area contributed by atoms with E-state index in [4.69, 9.17) is 16.3 Å². The number of hydrogen-bond donors (Lipinski definition) is 0. The van der Waals surface area contributed by atoms with Crippen molar-refractivity contribution in [3.63, 3.8) is 0 Å². The molecular weight excluding hydrogens is 372 g/mol. The SMILES string of the molecule is COc1ccc(C)cc1CN1CCN(S(=O)(=O)c2ccccc2Cl)CC1. The predicted octanol–water partition coefficient (Wildman–Crippen LogP) is 3.16. The zero-order valence-electron chi connectivity index (χ0n) is 15.0. The van der Waals surface area contributed by atoms with Crippen molar-refractivity contribution in [2.45, 2.75) is 18.4 Å². The summed E-state index contributed by atoms with van der Waals surface area (Å²) in [5, 5.41) is 0.263. The van der Waals surface area contributed by atoms with Crippen LogP contribution in [0.1, 0.15) is 11.1 Å². The normalized spacial score (nSPS) is 16.6. The first kappa shape index (κ1) is 19.2. The lowest BCUT2D eigenvalue weighted by molar-refractivity contribution is 0.180. The molecule has 0 aromatic heterocycles. The van der Waals surface area contributed by atoms with Crippen LogP contribution in [0, 0.1) is 6.92 Å². The Hall–Kier alpha value is -1.60. The Balaban J connectivity index is 1.68. The summed E-state index contributed by atoms with van der Waals surface area (Å²) in [6.07, 6.45) is 0. The van der Waals surface area contributed by atoms with E-state index in [0.717, 1.165) is 17.9 Å². The molecule has 26 heavy (non-hydrogen) atoms. The Morgan fingerprint density at radius 1 is 1.08 bits per heavy atom. The number of aryl methyl sites for hydroxylation is 1. The Bertz CT molecular complexity index is 878. The van der Waals surface area contributed by atoms with Gasteiger partial charge >= 0.3 is 0 Å². The lowest BCUT2D eigenvalue weighted by atomic mass is 10.1. The molecule has 1 saturated heterocycles. The fourth-order valence-corrected chi connectivity index (χ4v) is 5.11. The summed E-state index contributed by atoms with van der Waals surface area (Å²) < 4.78 is 32.6. The molecule has 3 rings (SSSR count). The minimum Gasteiger partial charge on any atom is -0.496 e. The Morgan fingerprint density at radius 3 is 2.42 bits per heavy atom. The second-order valence-electron chi connectivity index (χ2n) is 6.43.